The van der Waals surface area contributed by atoms with Gasteiger partial charge in [-0.25, -0.2) is 19.9 Å². The summed E-state index contributed by atoms with van der Waals surface area (Å²) in [7, 11) is 3.52. The Morgan fingerprint density at radius 3 is 2.72 bits per heavy atom. The van der Waals surface area contributed by atoms with E-state index in [1.807, 2.05) is 24.0 Å². The number of piperazine rings is 1. The van der Waals surface area contributed by atoms with Gasteiger partial charge in [-0.3, -0.25) is 4.79 Å². The quantitative estimate of drug-likeness (QED) is 0.640. The first-order chi connectivity index (χ1) is 15.5. The minimum atomic E-state index is -0.463. The van der Waals surface area contributed by atoms with Crippen molar-refractivity contribution >= 4 is 22.8 Å². The molecule has 1 N–H and O–H groups in total. The fraction of sp³-hybridized carbons (Fsp3) is 0.364. The number of hydrogen-bond donors (Lipinski definition) is 1. The number of amides is 1. The van der Waals surface area contributed by atoms with Crippen LogP contribution in [0.4, 0.5) is 5.82 Å². The lowest BCUT2D eigenvalue weighted by molar-refractivity contribution is -0.133. The number of aromatic nitrogens is 4. The molecule has 1 fully saturated rings. The van der Waals surface area contributed by atoms with Crippen molar-refractivity contribution in [1.82, 2.24) is 29.7 Å². The van der Waals surface area contributed by atoms with Crippen LogP contribution in [0, 0.1) is 11.3 Å². The van der Waals surface area contributed by atoms with E-state index in [2.05, 4.69) is 38.3 Å². The average molecular weight is 432 g/mol. The fourth-order valence-corrected chi connectivity index (χ4v) is 3.61. The summed E-state index contributed by atoms with van der Waals surface area (Å²) in [5, 5.41) is 12.6. The van der Waals surface area contributed by atoms with Crippen molar-refractivity contribution in [2.75, 3.05) is 45.7 Å². The summed E-state index contributed by atoms with van der Waals surface area (Å²) >= 11 is 0. The van der Waals surface area contributed by atoms with Crippen LogP contribution in [0.15, 0.2) is 30.7 Å². The number of likely N-dealkylation sites (N-methyl/N-ethyl adjacent to an activating group) is 1. The number of fused-ring (bicyclic) bond motifs is 1. The maximum Gasteiger partial charge on any atom is 0.244 e. The van der Waals surface area contributed by atoms with Crippen LogP contribution in [0.1, 0.15) is 12.5 Å². The highest BCUT2D eigenvalue weighted by Gasteiger charge is 2.24. The molecule has 10 heteroatoms. The molecule has 3 aromatic rings. The maximum absolute atomic E-state index is 12.9. The van der Waals surface area contributed by atoms with Gasteiger partial charge >= 0.3 is 0 Å². The molecular formula is C22H24N8O2. The Balaban J connectivity index is 1.62. The number of hydrogen-bond acceptors (Lipinski definition) is 9. The van der Waals surface area contributed by atoms with Crippen LogP contribution in [0.5, 0.6) is 5.88 Å². The van der Waals surface area contributed by atoms with Gasteiger partial charge in [0.2, 0.25) is 11.8 Å². The zero-order valence-electron chi connectivity index (χ0n) is 18.2. The van der Waals surface area contributed by atoms with Crippen LogP contribution in [-0.4, -0.2) is 82.0 Å². The predicted octanol–water partition coefficient (Wildman–Crippen LogP) is 1.54. The average Bonchev–Trinajstić information content (AvgIpc) is 2.83. The Morgan fingerprint density at radius 1 is 1.22 bits per heavy atom. The number of pyridine rings is 2. The molecule has 1 aliphatic heterocycles. The lowest BCUT2D eigenvalue weighted by atomic mass is 10.1. The summed E-state index contributed by atoms with van der Waals surface area (Å²) in [6, 6.07) is 6.93. The second kappa shape index (κ2) is 9.11. The number of rotatable bonds is 5. The zero-order chi connectivity index (χ0) is 22.7. The number of nitriles is 1. The predicted molar refractivity (Wildman–Crippen MR) is 119 cm³/mol. The van der Waals surface area contributed by atoms with Crippen LogP contribution < -0.4 is 10.1 Å². The molecule has 3 aromatic heterocycles. The zero-order valence-corrected chi connectivity index (χ0v) is 18.2. The molecule has 0 radical (unpaired) electrons. The summed E-state index contributed by atoms with van der Waals surface area (Å²) in [4.78, 5) is 34.5. The lowest BCUT2D eigenvalue weighted by Crippen LogP contribution is -2.51. The van der Waals surface area contributed by atoms with E-state index in [-0.39, 0.29) is 11.8 Å². The van der Waals surface area contributed by atoms with E-state index in [0.29, 0.717) is 46.8 Å². The molecule has 4 rings (SSSR count). The van der Waals surface area contributed by atoms with Crippen molar-refractivity contribution in [3.05, 3.63) is 36.3 Å². The van der Waals surface area contributed by atoms with Crippen molar-refractivity contribution in [1.29, 1.82) is 5.26 Å². The van der Waals surface area contributed by atoms with Gasteiger partial charge in [0, 0.05) is 37.9 Å². The van der Waals surface area contributed by atoms with Gasteiger partial charge in [-0.05, 0) is 32.2 Å². The summed E-state index contributed by atoms with van der Waals surface area (Å²) in [5.74, 6) is 0.770. The van der Waals surface area contributed by atoms with Gasteiger partial charge in [-0.2, -0.15) is 5.26 Å². The fourth-order valence-electron chi connectivity index (χ4n) is 3.61. The minimum Gasteiger partial charge on any atom is -0.480 e. The normalized spacial score (nSPS) is 15.2. The molecule has 0 aliphatic carbocycles. The third kappa shape index (κ3) is 4.29. The summed E-state index contributed by atoms with van der Waals surface area (Å²) in [5.41, 5.74) is 2.78. The third-order valence-electron chi connectivity index (χ3n) is 5.48. The van der Waals surface area contributed by atoms with Crippen LogP contribution in [-0.2, 0) is 4.79 Å². The highest BCUT2D eigenvalue weighted by atomic mass is 16.5. The summed E-state index contributed by atoms with van der Waals surface area (Å²) in [6.07, 6.45) is 3.05. The highest BCUT2D eigenvalue weighted by molar-refractivity contribution is 5.90. The van der Waals surface area contributed by atoms with Gasteiger partial charge in [0.05, 0.1) is 18.3 Å². The van der Waals surface area contributed by atoms with Gasteiger partial charge in [0.25, 0.3) is 0 Å². The van der Waals surface area contributed by atoms with Crippen LogP contribution in [0.25, 0.3) is 22.3 Å². The monoisotopic (exact) mass is 432 g/mol. The Morgan fingerprint density at radius 2 is 2.00 bits per heavy atom. The first kappa shape index (κ1) is 21.4. The number of carbonyl (C=O) groups is 1. The molecule has 4 heterocycles. The lowest BCUT2D eigenvalue weighted by Gasteiger charge is -2.34. The van der Waals surface area contributed by atoms with Crippen molar-refractivity contribution in [2.45, 2.75) is 13.0 Å². The summed E-state index contributed by atoms with van der Waals surface area (Å²) < 4.78 is 5.12. The second-order valence-electron chi connectivity index (χ2n) is 7.67. The standard InChI is InChI=1S/C22H24N8O2/c1-14(22(31)30-8-6-29(2)7-9-30)27-20-19-18(25-13-26-20)5-4-17(28-19)16-10-15(11-23)21(32-3)24-12-16/h4-5,10,12-14H,6-9H2,1-3H3,(H,25,26,27)/t14-/m0/s1. The topological polar surface area (TPSA) is 120 Å². The number of carbonyl (C=O) groups excluding carboxylic acids is 1. The molecule has 0 bridgehead atoms. The third-order valence-corrected chi connectivity index (χ3v) is 5.48. The van der Waals surface area contributed by atoms with Crippen LogP contribution in [0.2, 0.25) is 0 Å². The van der Waals surface area contributed by atoms with Gasteiger partial charge in [-0.15, -0.1) is 0 Å². The SMILES string of the molecule is COc1ncc(-c2ccc3ncnc(N[C@@H](C)C(=O)N4CCN(C)CC4)c3n2)cc1C#N. The van der Waals surface area contributed by atoms with Crippen LogP contribution >= 0.6 is 0 Å². The van der Waals surface area contributed by atoms with Gasteiger partial charge < -0.3 is 19.9 Å². The largest absolute Gasteiger partial charge is 0.480 e. The molecule has 0 spiro atoms. The van der Waals surface area contributed by atoms with E-state index in [4.69, 9.17) is 9.72 Å². The first-order valence-corrected chi connectivity index (χ1v) is 10.3. The molecule has 1 saturated heterocycles. The minimum absolute atomic E-state index is 0.0269. The smallest absolute Gasteiger partial charge is 0.244 e. The molecule has 10 nitrogen and oxygen atoms in total. The van der Waals surface area contributed by atoms with Crippen molar-refractivity contribution in [2.24, 2.45) is 0 Å². The molecule has 0 saturated carbocycles. The Labute approximate surface area is 185 Å². The van der Waals surface area contributed by atoms with Gasteiger partial charge in [0.15, 0.2) is 5.82 Å². The Hall–Kier alpha value is -3.84. The van der Waals surface area contributed by atoms with E-state index in [1.54, 1.807) is 12.3 Å². The Bertz CT molecular complexity index is 1180. The number of nitrogens with zero attached hydrogens (tertiary/aromatic N) is 7. The number of anilines is 1. The maximum atomic E-state index is 12.9. The molecule has 0 unspecified atom stereocenters. The van der Waals surface area contributed by atoms with Gasteiger partial charge in [-0.1, -0.05) is 0 Å². The summed E-state index contributed by atoms with van der Waals surface area (Å²) in [6.45, 7) is 4.96. The first-order valence-electron chi connectivity index (χ1n) is 10.3. The van der Waals surface area contributed by atoms with E-state index in [1.165, 1.54) is 13.4 Å². The molecule has 1 amide bonds. The van der Waals surface area contributed by atoms with Crippen molar-refractivity contribution in [3.63, 3.8) is 0 Å². The van der Waals surface area contributed by atoms with Crippen molar-refractivity contribution < 1.29 is 9.53 Å². The molecule has 1 atom stereocenters. The van der Waals surface area contributed by atoms with E-state index >= 15 is 0 Å². The second-order valence-corrected chi connectivity index (χ2v) is 7.67. The van der Waals surface area contributed by atoms with E-state index in [0.717, 1.165) is 13.1 Å². The Kier molecular flexibility index (Phi) is 6.09. The number of methoxy groups -OCH3 is 1. The molecule has 32 heavy (non-hydrogen) atoms. The number of ether oxygens (including phenoxy) is 1. The van der Waals surface area contributed by atoms with Crippen molar-refractivity contribution in [3.8, 4) is 23.2 Å². The van der Waals surface area contributed by atoms with Crippen LogP contribution in [0.3, 0.4) is 0 Å². The highest BCUT2D eigenvalue weighted by Crippen LogP contribution is 2.26. The van der Waals surface area contributed by atoms with E-state index < -0.39 is 6.04 Å². The molecule has 1 aliphatic rings. The molecule has 0 aromatic carbocycles. The van der Waals surface area contributed by atoms with E-state index in [9.17, 15) is 10.1 Å². The molecular weight excluding hydrogens is 408 g/mol. The molecule has 164 valence electrons. The van der Waals surface area contributed by atoms with Gasteiger partial charge in [0.1, 0.15) is 29.5 Å². The number of nitrogens with one attached hydrogen (secondary N) is 1.